The van der Waals surface area contributed by atoms with Gasteiger partial charge in [0.15, 0.2) is 0 Å². The molecule has 1 heterocycles. The number of carbonyl (C=O) groups is 1. The number of carbonyl (C=O) groups excluding carboxylic acids is 1. The summed E-state index contributed by atoms with van der Waals surface area (Å²) >= 11 is 0. The molecule has 0 aliphatic rings. The molecule has 0 aliphatic carbocycles. The Labute approximate surface area is 111 Å². The molecule has 1 rings (SSSR count). The van der Waals surface area contributed by atoms with Gasteiger partial charge in [-0.1, -0.05) is 6.92 Å². The second kappa shape index (κ2) is 6.67. The number of nitrogens with zero attached hydrogens (tertiary/aromatic N) is 3. The van der Waals surface area contributed by atoms with Crippen LogP contribution in [0.15, 0.2) is 12.1 Å². The first-order valence-electron chi connectivity index (χ1n) is 5.93. The molecule has 19 heavy (non-hydrogen) atoms. The molecular formula is C12H17N3O4. The van der Waals surface area contributed by atoms with Crippen molar-refractivity contribution in [2.24, 2.45) is 0 Å². The van der Waals surface area contributed by atoms with E-state index in [4.69, 9.17) is 0 Å². The van der Waals surface area contributed by atoms with Gasteiger partial charge in [0.25, 0.3) is 5.69 Å². The number of rotatable bonds is 6. The Morgan fingerprint density at radius 2 is 2.21 bits per heavy atom. The Balaban J connectivity index is 2.99. The highest BCUT2D eigenvalue weighted by Gasteiger charge is 2.17. The number of hydrogen-bond donors (Lipinski definition) is 0. The molecule has 0 fully saturated rings. The monoisotopic (exact) mass is 267 g/mol. The fourth-order valence-corrected chi connectivity index (χ4v) is 1.67. The number of aryl methyl sites for hydroxylation is 1. The molecule has 0 unspecified atom stereocenters. The molecule has 104 valence electrons. The van der Waals surface area contributed by atoms with Gasteiger partial charge in [0.05, 0.1) is 12.0 Å². The highest BCUT2D eigenvalue weighted by atomic mass is 16.6. The van der Waals surface area contributed by atoms with Crippen molar-refractivity contribution >= 4 is 17.5 Å². The van der Waals surface area contributed by atoms with Gasteiger partial charge in [-0.15, -0.1) is 0 Å². The molecule has 0 saturated carbocycles. The topological polar surface area (TPSA) is 85.6 Å². The van der Waals surface area contributed by atoms with E-state index in [0.717, 1.165) is 6.42 Å². The lowest BCUT2D eigenvalue weighted by Crippen LogP contribution is -2.32. The van der Waals surface area contributed by atoms with Gasteiger partial charge in [0.2, 0.25) is 0 Å². The van der Waals surface area contributed by atoms with E-state index in [1.54, 1.807) is 17.9 Å². The van der Waals surface area contributed by atoms with Crippen molar-refractivity contribution in [3.63, 3.8) is 0 Å². The van der Waals surface area contributed by atoms with E-state index in [1.165, 1.54) is 13.2 Å². The minimum atomic E-state index is -0.476. The molecule has 0 atom stereocenters. The number of methoxy groups -OCH3 is 1. The van der Waals surface area contributed by atoms with Crippen molar-refractivity contribution in [1.29, 1.82) is 0 Å². The third-order valence-electron chi connectivity index (χ3n) is 2.61. The third-order valence-corrected chi connectivity index (χ3v) is 2.61. The Hall–Kier alpha value is -2.18. The van der Waals surface area contributed by atoms with Crippen LogP contribution in [0.2, 0.25) is 0 Å². The number of pyridine rings is 1. The van der Waals surface area contributed by atoms with E-state index in [0.29, 0.717) is 18.1 Å². The number of nitro groups is 1. The van der Waals surface area contributed by atoms with Gasteiger partial charge in [0.1, 0.15) is 18.1 Å². The summed E-state index contributed by atoms with van der Waals surface area (Å²) in [6, 6.07) is 2.95. The first-order valence-corrected chi connectivity index (χ1v) is 5.93. The van der Waals surface area contributed by atoms with Crippen LogP contribution >= 0.6 is 0 Å². The van der Waals surface area contributed by atoms with Crippen LogP contribution in [0, 0.1) is 17.0 Å². The van der Waals surface area contributed by atoms with Crippen LogP contribution in [-0.4, -0.2) is 36.1 Å². The summed E-state index contributed by atoms with van der Waals surface area (Å²) in [7, 11) is 1.32. The van der Waals surface area contributed by atoms with Crippen molar-refractivity contribution in [3.8, 4) is 0 Å². The third kappa shape index (κ3) is 3.90. The molecule has 0 amide bonds. The summed E-state index contributed by atoms with van der Waals surface area (Å²) in [6.07, 6.45) is 0.828. The molecule has 0 spiro atoms. The maximum atomic E-state index is 11.3. The van der Waals surface area contributed by atoms with Gasteiger partial charge in [-0.05, 0) is 19.4 Å². The summed E-state index contributed by atoms with van der Waals surface area (Å²) in [5, 5.41) is 10.7. The second-order valence-corrected chi connectivity index (χ2v) is 4.03. The van der Waals surface area contributed by atoms with E-state index >= 15 is 0 Å². The maximum Gasteiger partial charge on any atom is 0.325 e. The van der Waals surface area contributed by atoms with Crippen LogP contribution < -0.4 is 4.90 Å². The summed E-state index contributed by atoms with van der Waals surface area (Å²) in [5.74, 6) is 0.168. The summed E-state index contributed by atoms with van der Waals surface area (Å²) < 4.78 is 4.62. The minimum absolute atomic E-state index is 0.0294. The Kier molecular flexibility index (Phi) is 5.23. The molecule has 0 radical (unpaired) electrons. The smallest absolute Gasteiger partial charge is 0.325 e. The molecule has 1 aromatic rings. The first kappa shape index (κ1) is 14.9. The minimum Gasteiger partial charge on any atom is -0.468 e. The van der Waals surface area contributed by atoms with Crippen LogP contribution in [0.1, 0.15) is 19.0 Å². The van der Waals surface area contributed by atoms with E-state index in [9.17, 15) is 14.9 Å². The average molecular weight is 267 g/mol. The van der Waals surface area contributed by atoms with Gasteiger partial charge >= 0.3 is 5.97 Å². The SMILES string of the molecule is CCCN(CC(=O)OC)c1ccc([N+](=O)[O-])c(C)n1. The van der Waals surface area contributed by atoms with Crippen LogP contribution in [0.3, 0.4) is 0 Å². The van der Waals surface area contributed by atoms with E-state index < -0.39 is 4.92 Å². The molecule has 0 bridgehead atoms. The molecular weight excluding hydrogens is 250 g/mol. The van der Waals surface area contributed by atoms with E-state index in [1.807, 2.05) is 6.92 Å². The zero-order valence-electron chi connectivity index (χ0n) is 11.3. The Morgan fingerprint density at radius 3 is 2.68 bits per heavy atom. The number of esters is 1. The van der Waals surface area contributed by atoms with Gasteiger partial charge in [-0.3, -0.25) is 14.9 Å². The van der Waals surface area contributed by atoms with Crippen LogP contribution in [0.25, 0.3) is 0 Å². The van der Waals surface area contributed by atoms with Crippen LogP contribution in [0.5, 0.6) is 0 Å². The zero-order valence-corrected chi connectivity index (χ0v) is 11.3. The fourth-order valence-electron chi connectivity index (χ4n) is 1.67. The molecule has 0 N–H and O–H groups in total. The number of aromatic nitrogens is 1. The number of hydrogen-bond acceptors (Lipinski definition) is 6. The van der Waals surface area contributed by atoms with Gasteiger partial charge in [0, 0.05) is 12.6 Å². The quantitative estimate of drug-likeness (QED) is 0.443. The van der Waals surface area contributed by atoms with Crippen molar-refractivity contribution in [1.82, 2.24) is 4.98 Å². The summed E-state index contributed by atoms with van der Waals surface area (Å²) in [5.41, 5.74) is 0.298. The van der Waals surface area contributed by atoms with Crippen LogP contribution in [-0.2, 0) is 9.53 Å². The largest absolute Gasteiger partial charge is 0.468 e. The second-order valence-electron chi connectivity index (χ2n) is 4.03. The van der Waals surface area contributed by atoms with Gasteiger partial charge in [-0.2, -0.15) is 0 Å². The van der Waals surface area contributed by atoms with E-state index in [-0.39, 0.29) is 18.2 Å². The normalized spacial score (nSPS) is 10.1. The van der Waals surface area contributed by atoms with Gasteiger partial charge < -0.3 is 9.64 Å². The first-order chi connectivity index (χ1) is 8.99. The summed E-state index contributed by atoms with van der Waals surface area (Å²) in [4.78, 5) is 27.5. The molecule has 7 heteroatoms. The fraction of sp³-hybridized carbons (Fsp3) is 0.500. The number of anilines is 1. The highest BCUT2D eigenvalue weighted by Crippen LogP contribution is 2.20. The van der Waals surface area contributed by atoms with Crippen molar-refractivity contribution in [2.45, 2.75) is 20.3 Å². The summed E-state index contributed by atoms with van der Waals surface area (Å²) in [6.45, 7) is 4.25. The Bertz CT molecular complexity index is 476. The average Bonchev–Trinajstić information content (AvgIpc) is 2.37. The lowest BCUT2D eigenvalue weighted by Gasteiger charge is -2.21. The molecule has 0 saturated heterocycles. The maximum absolute atomic E-state index is 11.3. The van der Waals surface area contributed by atoms with E-state index in [2.05, 4.69) is 9.72 Å². The van der Waals surface area contributed by atoms with Crippen LogP contribution in [0.4, 0.5) is 11.5 Å². The Morgan fingerprint density at radius 1 is 1.53 bits per heavy atom. The lowest BCUT2D eigenvalue weighted by atomic mass is 10.3. The highest BCUT2D eigenvalue weighted by molar-refractivity contribution is 5.75. The molecule has 1 aromatic heterocycles. The van der Waals surface area contributed by atoms with Crippen molar-refractivity contribution in [2.75, 3.05) is 25.1 Å². The standard InChI is InChI=1S/C12H17N3O4/c1-4-7-14(8-12(16)19-3)11-6-5-10(15(17)18)9(2)13-11/h5-6H,4,7-8H2,1-3H3. The zero-order chi connectivity index (χ0) is 14.4. The lowest BCUT2D eigenvalue weighted by molar-refractivity contribution is -0.385. The van der Waals surface area contributed by atoms with Gasteiger partial charge in [-0.25, -0.2) is 4.98 Å². The van der Waals surface area contributed by atoms with Crippen molar-refractivity contribution < 1.29 is 14.5 Å². The molecule has 0 aliphatic heterocycles. The van der Waals surface area contributed by atoms with Crippen molar-refractivity contribution in [3.05, 3.63) is 27.9 Å². The predicted molar refractivity (Wildman–Crippen MR) is 70.1 cm³/mol. The molecule has 0 aromatic carbocycles. The number of ether oxygens (including phenoxy) is 1. The molecule has 7 nitrogen and oxygen atoms in total. The predicted octanol–water partition coefficient (Wildman–Crippen LogP) is 1.69.